The Hall–Kier alpha value is -1.46. The average Bonchev–Trinajstić information content (AvgIpc) is 1.67. The molecule has 2 unspecified atom stereocenters. The summed E-state index contributed by atoms with van der Waals surface area (Å²) in [6, 6.07) is 0. The molecule has 138 heavy (non-hydrogen) atoms. The third-order valence-corrected chi connectivity index (χ3v) is 29.6. The van der Waals surface area contributed by atoms with E-state index in [1.165, 1.54) is 539 Å². The van der Waals surface area contributed by atoms with Crippen LogP contribution in [0.2, 0.25) is 0 Å². The Bertz CT molecular complexity index is 2330. The lowest BCUT2D eigenvalue weighted by atomic mass is 10.0. The van der Waals surface area contributed by atoms with Gasteiger partial charge in [0.25, 0.3) is 0 Å². The minimum atomic E-state index is -0.504. The van der Waals surface area contributed by atoms with E-state index in [-0.39, 0.29) is 49.6 Å². The number of ether oxygens (including phenoxy) is 10. The molecule has 0 aromatic carbocycles. The van der Waals surface area contributed by atoms with E-state index in [2.05, 4.69) is 51.3 Å². The molecule has 0 bridgehead atoms. The fraction of sp³-hybridized carbons (Fsp3) is 0.984. The maximum absolute atomic E-state index is 12.9. The molecular formula is C124H246N2O12. The van der Waals surface area contributed by atoms with Crippen LogP contribution in [0.3, 0.4) is 0 Å². The number of rotatable bonds is 114. The standard InChI is InChI=1S/C65H129NO6.C59H117NO6/c1-6-9-12-15-18-21-24-27-30-33-36-39-42-45-48-51-57-68-63-61(60-71-62(67)55-54-56-66(4)5)72-65(70-59-53-50-47-44-41-38-35-32-29-26-23-20-17-14-11-8-3)64(63)69-58-52-49-46-43-40-37-34-31-28-25-22-19-16-13-10-7-2;1-6-9-12-15-18-21-24-27-30-33-36-39-42-45-51-62-57-55(54-65-56(61)49-48-50-60(4)5)66-59(64-53-47-44-41-38-35-32-29-26-23-20-17-14-11-8-3)58(57)63-52-46-43-40-37-34-31-28-25-22-19-16-13-10-7-2/h61,63-65H,6-60H2,1-5H3;55,57-59H,6-54H2,1-5H3/t61-,63?,64+,65-;55-,57?,58+,59-/m11/s1. The fourth-order valence-electron chi connectivity index (χ4n) is 20.4. The lowest BCUT2D eigenvalue weighted by Gasteiger charge is -2.25. The second kappa shape index (κ2) is 111. The van der Waals surface area contributed by atoms with Gasteiger partial charge in [-0.3, -0.25) is 9.59 Å². The lowest BCUT2D eigenvalue weighted by Crippen LogP contribution is -2.40. The summed E-state index contributed by atoms with van der Waals surface area (Å²) in [7, 11) is 8.16. The van der Waals surface area contributed by atoms with Gasteiger partial charge in [0, 0.05) is 52.5 Å². The molecule has 2 aliphatic heterocycles. The highest BCUT2D eigenvalue weighted by molar-refractivity contribution is 5.69. The van der Waals surface area contributed by atoms with Gasteiger partial charge in [-0.05, 0) is 92.6 Å². The second-order valence-electron chi connectivity index (χ2n) is 44.0. The molecule has 0 amide bonds. The van der Waals surface area contributed by atoms with E-state index < -0.39 is 24.8 Å². The number of esters is 2. The van der Waals surface area contributed by atoms with Gasteiger partial charge in [-0.15, -0.1) is 0 Å². The van der Waals surface area contributed by atoms with Crippen molar-refractivity contribution in [3.8, 4) is 0 Å². The average molecular weight is 1960 g/mol. The van der Waals surface area contributed by atoms with Crippen LogP contribution in [0.5, 0.6) is 0 Å². The highest BCUT2D eigenvalue weighted by Gasteiger charge is 2.49. The fourth-order valence-corrected chi connectivity index (χ4v) is 20.4. The van der Waals surface area contributed by atoms with Gasteiger partial charge in [-0.25, -0.2) is 0 Å². The maximum atomic E-state index is 12.9. The largest absolute Gasteiger partial charge is 0.463 e. The quantitative estimate of drug-likeness (QED) is 0.0422. The minimum absolute atomic E-state index is 0.167. The highest BCUT2D eigenvalue weighted by atomic mass is 16.7. The van der Waals surface area contributed by atoms with Crippen molar-refractivity contribution in [2.75, 3.05) is 94.1 Å². The molecule has 0 radical (unpaired) electrons. The summed E-state index contributed by atoms with van der Waals surface area (Å²) in [5, 5.41) is 0. The molecule has 0 spiro atoms. The van der Waals surface area contributed by atoms with E-state index in [4.69, 9.17) is 47.4 Å². The Kier molecular flexibility index (Phi) is 108. The van der Waals surface area contributed by atoms with E-state index in [9.17, 15) is 9.59 Å². The van der Waals surface area contributed by atoms with Crippen molar-refractivity contribution in [3.05, 3.63) is 0 Å². The van der Waals surface area contributed by atoms with Crippen LogP contribution in [0.15, 0.2) is 0 Å². The molecule has 14 heteroatoms. The molecule has 0 aliphatic carbocycles. The van der Waals surface area contributed by atoms with Crippen molar-refractivity contribution < 1.29 is 57.0 Å². The zero-order chi connectivity index (χ0) is 99.5. The summed E-state index contributed by atoms with van der Waals surface area (Å²) in [5.74, 6) is -0.335. The summed E-state index contributed by atoms with van der Waals surface area (Å²) in [6.45, 7) is 19.9. The Morgan fingerprint density at radius 3 is 0.471 bits per heavy atom. The number of unbranched alkanes of at least 4 members (excludes halogenated alkanes) is 84. The molecule has 0 aromatic heterocycles. The zero-order valence-corrected chi connectivity index (χ0v) is 95.0. The number of hydrogen-bond donors (Lipinski definition) is 0. The van der Waals surface area contributed by atoms with Crippen LogP contribution >= 0.6 is 0 Å². The molecule has 2 rings (SSSR count). The first-order valence-corrected chi connectivity index (χ1v) is 62.7. The van der Waals surface area contributed by atoms with Crippen molar-refractivity contribution >= 4 is 11.9 Å². The number of nitrogens with zero attached hydrogens (tertiary/aromatic N) is 2. The van der Waals surface area contributed by atoms with Gasteiger partial charge in [0.2, 0.25) is 0 Å². The Morgan fingerprint density at radius 2 is 0.319 bits per heavy atom. The van der Waals surface area contributed by atoms with Crippen molar-refractivity contribution in [1.82, 2.24) is 9.80 Å². The molecule has 824 valence electrons. The Balaban J connectivity index is 0.00000139. The van der Waals surface area contributed by atoms with E-state index in [0.717, 1.165) is 64.5 Å². The first-order valence-electron chi connectivity index (χ1n) is 62.7. The number of hydrogen-bond acceptors (Lipinski definition) is 14. The molecule has 2 saturated heterocycles. The van der Waals surface area contributed by atoms with Gasteiger partial charge in [0.1, 0.15) is 49.8 Å². The Morgan fingerprint density at radius 1 is 0.181 bits per heavy atom. The third kappa shape index (κ3) is 93.1. The van der Waals surface area contributed by atoms with Crippen LogP contribution in [0.25, 0.3) is 0 Å². The summed E-state index contributed by atoms with van der Waals surface area (Å²) < 4.78 is 64.8. The molecule has 0 aromatic rings. The van der Waals surface area contributed by atoms with E-state index >= 15 is 0 Å². The number of carbonyl (C=O) groups excluding carboxylic acids is 2. The first kappa shape index (κ1) is 135. The normalized spacial score (nSPS) is 17.2. The summed E-state index contributed by atoms with van der Waals surface area (Å²) in [6.07, 6.45) is 121. The van der Waals surface area contributed by atoms with Gasteiger partial charge < -0.3 is 57.2 Å². The summed E-state index contributed by atoms with van der Waals surface area (Å²) >= 11 is 0. The Labute approximate surface area is 862 Å². The molecule has 8 atom stereocenters. The van der Waals surface area contributed by atoms with Crippen LogP contribution in [-0.4, -0.2) is 165 Å². The van der Waals surface area contributed by atoms with Crippen LogP contribution in [-0.2, 0) is 57.0 Å². The van der Waals surface area contributed by atoms with Gasteiger partial charge in [-0.1, -0.05) is 581 Å². The monoisotopic (exact) mass is 1960 g/mol. The first-order chi connectivity index (χ1) is 68.1. The maximum Gasteiger partial charge on any atom is 0.305 e. The van der Waals surface area contributed by atoms with Crippen molar-refractivity contribution in [3.63, 3.8) is 0 Å². The van der Waals surface area contributed by atoms with Gasteiger partial charge in [-0.2, -0.15) is 0 Å². The van der Waals surface area contributed by atoms with Crippen LogP contribution in [0, 0.1) is 0 Å². The molecular weight excluding hydrogens is 1710 g/mol. The van der Waals surface area contributed by atoms with E-state index in [1.807, 2.05) is 28.2 Å². The summed E-state index contributed by atoms with van der Waals surface area (Å²) in [4.78, 5) is 29.9. The minimum Gasteiger partial charge on any atom is -0.463 e. The van der Waals surface area contributed by atoms with Crippen LogP contribution in [0.1, 0.15) is 645 Å². The lowest BCUT2D eigenvalue weighted by molar-refractivity contribution is -0.184. The van der Waals surface area contributed by atoms with Crippen molar-refractivity contribution in [2.45, 2.75) is 694 Å². The zero-order valence-electron chi connectivity index (χ0n) is 95.0. The molecule has 2 fully saturated rings. The third-order valence-electron chi connectivity index (χ3n) is 29.6. The van der Waals surface area contributed by atoms with Gasteiger partial charge in [0.15, 0.2) is 12.6 Å². The topological polar surface area (TPSA) is 133 Å². The van der Waals surface area contributed by atoms with Gasteiger partial charge in [0.05, 0.1) is 0 Å². The molecule has 2 heterocycles. The van der Waals surface area contributed by atoms with Gasteiger partial charge >= 0.3 is 11.9 Å². The molecule has 0 N–H and O–H groups in total. The molecule has 0 saturated carbocycles. The molecule has 2 aliphatic rings. The second-order valence-corrected chi connectivity index (χ2v) is 44.0. The van der Waals surface area contributed by atoms with Crippen LogP contribution in [0.4, 0.5) is 0 Å². The van der Waals surface area contributed by atoms with E-state index in [0.29, 0.717) is 52.5 Å². The smallest absolute Gasteiger partial charge is 0.305 e. The summed E-state index contributed by atoms with van der Waals surface area (Å²) in [5.41, 5.74) is 0. The SMILES string of the molecule is CCCCCCCCCCCCCCCCCCOC1[C@@H](COC(=O)CCCN(C)C)O[C@@H](OCCCCCCCCCCCCCCCCCC)[C@H]1OCCCCCCCCCCCCCCCCCC.CCCCCCCCCCCCCCCCOC1[C@@H](COC(=O)CCCN(C)C)O[C@@H](OCCCCCCCCCCCCCCCC)[C@H]1OCCCCCCCCCCCCCCCC. The predicted molar refractivity (Wildman–Crippen MR) is 595 cm³/mol. The van der Waals surface area contributed by atoms with E-state index in [1.54, 1.807) is 0 Å². The number of carbonyl (C=O) groups is 2. The predicted octanol–water partition coefficient (Wildman–Crippen LogP) is 38.0. The van der Waals surface area contributed by atoms with Crippen molar-refractivity contribution in [2.24, 2.45) is 0 Å². The van der Waals surface area contributed by atoms with Crippen molar-refractivity contribution in [1.29, 1.82) is 0 Å². The van der Waals surface area contributed by atoms with Crippen LogP contribution < -0.4 is 0 Å². The molecule has 14 nitrogen and oxygen atoms in total. The highest BCUT2D eigenvalue weighted by Crippen LogP contribution is 2.33.